The number of aryl methyl sites for hydroxylation is 1. The molecule has 18 heavy (non-hydrogen) atoms. The van der Waals surface area contributed by atoms with Crippen LogP contribution in [-0.2, 0) is 10.0 Å². The van der Waals surface area contributed by atoms with Gasteiger partial charge in [-0.3, -0.25) is 0 Å². The van der Waals surface area contributed by atoms with Crippen molar-refractivity contribution >= 4 is 15.9 Å². The second-order valence-electron chi connectivity index (χ2n) is 3.87. The van der Waals surface area contributed by atoms with Gasteiger partial charge in [-0.2, -0.15) is 0 Å². The van der Waals surface area contributed by atoms with Crippen LogP contribution in [0.4, 0.5) is 0 Å². The van der Waals surface area contributed by atoms with Crippen molar-refractivity contribution in [2.75, 3.05) is 0 Å². The Balaban J connectivity index is 3.06. The number of sulfonamides is 1. The van der Waals surface area contributed by atoms with E-state index in [0.29, 0.717) is 12.0 Å². The first-order valence-corrected chi connectivity index (χ1v) is 6.96. The molecule has 0 aliphatic heterocycles. The van der Waals surface area contributed by atoms with Crippen LogP contribution in [0, 0.1) is 6.92 Å². The fourth-order valence-corrected chi connectivity index (χ4v) is 3.07. The summed E-state index contributed by atoms with van der Waals surface area (Å²) in [6, 6.07) is 5.90. The Hall–Kier alpha value is -1.60. The molecular weight excluding hydrogens is 254 g/mol. The summed E-state index contributed by atoms with van der Waals surface area (Å²) in [5.74, 6) is -0.158. The number of benzene rings is 1. The van der Waals surface area contributed by atoms with E-state index in [-0.39, 0.29) is 10.7 Å². The Labute approximate surface area is 107 Å². The molecule has 1 aromatic rings. The highest BCUT2D eigenvalue weighted by atomic mass is 32.2. The fraction of sp³-hybridized carbons (Fsp3) is 0.364. The van der Waals surface area contributed by atoms with Gasteiger partial charge in [0.25, 0.3) is 0 Å². The third kappa shape index (κ3) is 3.21. The number of amidine groups is 1. The molecule has 0 saturated heterocycles. The van der Waals surface area contributed by atoms with E-state index in [1.165, 1.54) is 6.07 Å². The maximum absolute atomic E-state index is 12.1. The molecule has 0 saturated carbocycles. The van der Waals surface area contributed by atoms with Gasteiger partial charge in [0.05, 0.1) is 10.9 Å². The minimum absolute atomic E-state index is 0.158. The van der Waals surface area contributed by atoms with Crippen molar-refractivity contribution in [3.63, 3.8) is 0 Å². The van der Waals surface area contributed by atoms with E-state index >= 15 is 0 Å². The lowest BCUT2D eigenvalue weighted by Gasteiger charge is -2.16. The number of nitrogens with two attached hydrogens (primary N) is 1. The molecular formula is C11H17N3O3S. The molecule has 4 N–H and O–H groups in total. The van der Waals surface area contributed by atoms with Crippen molar-refractivity contribution in [2.45, 2.75) is 31.2 Å². The highest BCUT2D eigenvalue weighted by Gasteiger charge is 2.22. The van der Waals surface area contributed by atoms with Crippen LogP contribution in [0.1, 0.15) is 18.9 Å². The molecule has 0 fully saturated rings. The SMILES string of the molecule is CCC(NS(=O)(=O)c1ccccc1C)C(N)=NO. The summed E-state index contributed by atoms with van der Waals surface area (Å²) >= 11 is 0. The minimum Gasteiger partial charge on any atom is -0.409 e. The predicted octanol–water partition coefficient (Wildman–Crippen LogP) is 0.798. The average molecular weight is 271 g/mol. The number of nitrogens with zero attached hydrogens (tertiary/aromatic N) is 1. The zero-order chi connectivity index (χ0) is 13.8. The van der Waals surface area contributed by atoms with Crippen molar-refractivity contribution in [3.05, 3.63) is 29.8 Å². The van der Waals surface area contributed by atoms with Gasteiger partial charge in [-0.1, -0.05) is 30.3 Å². The van der Waals surface area contributed by atoms with Crippen LogP contribution in [0.2, 0.25) is 0 Å². The van der Waals surface area contributed by atoms with Crippen molar-refractivity contribution < 1.29 is 13.6 Å². The van der Waals surface area contributed by atoms with Crippen LogP contribution in [-0.4, -0.2) is 25.5 Å². The molecule has 1 unspecified atom stereocenters. The molecule has 0 amide bonds. The smallest absolute Gasteiger partial charge is 0.241 e. The van der Waals surface area contributed by atoms with E-state index in [1.807, 2.05) is 0 Å². The third-order valence-electron chi connectivity index (χ3n) is 2.56. The highest BCUT2D eigenvalue weighted by molar-refractivity contribution is 7.89. The van der Waals surface area contributed by atoms with E-state index in [1.54, 1.807) is 32.0 Å². The van der Waals surface area contributed by atoms with Gasteiger partial charge < -0.3 is 10.9 Å². The number of hydrogen-bond donors (Lipinski definition) is 3. The quantitative estimate of drug-likeness (QED) is 0.319. The van der Waals surface area contributed by atoms with Crippen LogP contribution in [0.25, 0.3) is 0 Å². The summed E-state index contributed by atoms with van der Waals surface area (Å²) in [6.45, 7) is 3.45. The maximum atomic E-state index is 12.1. The summed E-state index contributed by atoms with van der Waals surface area (Å²) in [5, 5.41) is 11.4. The van der Waals surface area contributed by atoms with E-state index in [0.717, 1.165) is 0 Å². The monoisotopic (exact) mass is 271 g/mol. The summed E-state index contributed by atoms with van der Waals surface area (Å²) in [4.78, 5) is 0.189. The lowest BCUT2D eigenvalue weighted by Crippen LogP contribution is -2.44. The zero-order valence-electron chi connectivity index (χ0n) is 10.3. The normalized spacial score (nSPS) is 14.4. The Bertz CT molecular complexity index is 540. The topological polar surface area (TPSA) is 105 Å². The van der Waals surface area contributed by atoms with Gasteiger partial charge in [-0.05, 0) is 25.0 Å². The van der Waals surface area contributed by atoms with Gasteiger partial charge in [-0.25, -0.2) is 13.1 Å². The summed E-state index contributed by atoms with van der Waals surface area (Å²) in [5.41, 5.74) is 6.06. The molecule has 100 valence electrons. The lowest BCUT2D eigenvalue weighted by molar-refractivity contribution is 0.315. The highest BCUT2D eigenvalue weighted by Crippen LogP contribution is 2.14. The van der Waals surface area contributed by atoms with Crippen LogP contribution >= 0.6 is 0 Å². The number of oxime groups is 1. The first-order valence-electron chi connectivity index (χ1n) is 5.47. The molecule has 0 aliphatic carbocycles. The molecule has 0 heterocycles. The Morgan fingerprint density at radius 3 is 2.61 bits per heavy atom. The standard InChI is InChI=1S/C11H17N3O3S/c1-3-9(11(12)13-15)14-18(16,17)10-7-5-4-6-8(10)2/h4-7,9,14-15H,3H2,1-2H3,(H2,12,13). The first-order chi connectivity index (χ1) is 8.42. The molecule has 0 aromatic heterocycles. The van der Waals surface area contributed by atoms with Gasteiger partial charge in [-0.15, -0.1) is 0 Å². The number of rotatable bonds is 5. The molecule has 1 aromatic carbocycles. The zero-order valence-corrected chi connectivity index (χ0v) is 11.1. The summed E-state index contributed by atoms with van der Waals surface area (Å²) in [6.07, 6.45) is 0.390. The Morgan fingerprint density at radius 1 is 1.50 bits per heavy atom. The second kappa shape index (κ2) is 5.83. The maximum Gasteiger partial charge on any atom is 0.241 e. The molecule has 1 atom stereocenters. The van der Waals surface area contributed by atoms with Crippen LogP contribution in [0.3, 0.4) is 0 Å². The molecule has 6 nitrogen and oxygen atoms in total. The summed E-state index contributed by atoms with van der Waals surface area (Å²) < 4.78 is 26.7. The minimum atomic E-state index is -3.68. The fourth-order valence-electron chi connectivity index (χ4n) is 1.53. The summed E-state index contributed by atoms with van der Waals surface area (Å²) in [7, 11) is -3.68. The largest absolute Gasteiger partial charge is 0.409 e. The molecule has 0 spiro atoms. The molecule has 7 heteroatoms. The number of nitrogens with one attached hydrogen (secondary N) is 1. The van der Waals surface area contributed by atoms with E-state index in [9.17, 15) is 8.42 Å². The third-order valence-corrected chi connectivity index (χ3v) is 4.19. The predicted molar refractivity (Wildman–Crippen MR) is 69.0 cm³/mol. The van der Waals surface area contributed by atoms with Crippen molar-refractivity contribution in [2.24, 2.45) is 10.9 Å². The Morgan fingerprint density at radius 2 is 2.11 bits per heavy atom. The van der Waals surface area contributed by atoms with Gasteiger partial charge in [0.1, 0.15) is 0 Å². The van der Waals surface area contributed by atoms with Crippen molar-refractivity contribution in [3.8, 4) is 0 Å². The van der Waals surface area contributed by atoms with Gasteiger partial charge in [0.2, 0.25) is 10.0 Å². The lowest BCUT2D eigenvalue weighted by atomic mass is 10.2. The van der Waals surface area contributed by atoms with Gasteiger partial charge in [0, 0.05) is 0 Å². The molecule has 0 bridgehead atoms. The van der Waals surface area contributed by atoms with Crippen molar-refractivity contribution in [1.82, 2.24) is 4.72 Å². The molecule has 0 aliphatic rings. The van der Waals surface area contributed by atoms with Crippen LogP contribution < -0.4 is 10.5 Å². The van der Waals surface area contributed by atoms with Crippen LogP contribution in [0.15, 0.2) is 34.3 Å². The van der Waals surface area contributed by atoms with Gasteiger partial charge in [0.15, 0.2) is 5.84 Å². The van der Waals surface area contributed by atoms with Crippen molar-refractivity contribution in [1.29, 1.82) is 0 Å². The average Bonchev–Trinajstić information content (AvgIpc) is 2.35. The first kappa shape index (κ1) is 14.5. The van der Waals surface area contributed by atoms with E-state index in [4.69, 9.17) is 10.9 Å². The Kier molecular flexibility index (Phi) is 4.69. The molecule has 0 radical (unpaired) electrons. The second-order valence-corrected chi connectivity index (χ2v) is 5.55. The van der Waals surface area contributed by atoms with E-state index in [2.05, 4.69) is 9.88 Å². The molecule has 1 rings (SSSR count). The number of hydrogen-bond acceptors (Lipinski definition) is 4. The van der Waals surface area contributed by atoms with E-state index < -0.39 is 16.1 Å². The van der Waals surface area contributed by atoms with Gasteiger partial charge >= 0.3 is 0 Å². The van der Waals surface area contributed by atoms with Crippen LogP contribution in [0.5, 0.6) is 0 Å².